The van der Waals surface area contributed by atoms with Crippen molar-refractivity contribution in [1.82, 2.24) is 9.80 Å². The molecule has 2 saturated heterocycles. The molecule has 2 aromatic rings. The van der Waals surface area contributed by atoms with E-state index in [0.717, 1.165) is 70.2 Å². The van der Waals surface area contributed by atoms with Crippen molar-refractivity contribution in [2.24, 2.45) is 4.99 Å². The van der Waals surface area contributed by atoms with Crippen LogP contribution in [-0.4, -0.2) is 66.7 Å². The average Bonchev–Trinajstić information content (AvgIpc) is 3.20. The van der Waals surface area contributed by atoms with Crippen LogP contribution in [0.1, 0.15) is 25.3 Å². The highest BCUT2D eigenvalue weighted by Gasteiger charge is 2.33. The van der Waals surface area contributed by atoms with Crippen LogP contribution in [0.2, 0.25) is 0 Å². The molecule has 0 atom stereocenters. The van der Waals surface area contributed by atoms with Gasteiger partial charge in [-0.15, -0.1) is 0 Å². The molecule has 0 spiro atoms. The maximum absolute atomic E-state index is 11.0. The van der Waals surface area contributed by atoms with Crippen LogP contribution in [0, 0.1) is 0 Å². The predicted molar refractivity (Wildman–Crippen MR) is 119 cm³/mol. The van der Waals surface area contributed by atoms with Gasteiger partial charge < -0.3 is 14.9 Å². The maximum atomic E-state index is 11.0. The molecule has 2 aliphatic heterocycles. The number of likely N-dealkylation sites (tertiary alicyclic amines) is 1. The van der Waals surface area contributed by atoms with E-state index < -0.39 is 5.60 Å². The standard InChI is InChI=1S/C24H32N4O/c1-2-26-19-23(28(20-26)22-11-7-4-8-12-22)25-15-18-27-16-13-24(29,14-17-27)21-9-5-3-6-10-21/h3-12,29H,2,13-20H2,1H3. The Hall–Kier alpha value is -2.21. The smallest absolute Gasteiger partial charge is 0.119 e. The Morgan fingerprint density at radius 3 is 2.24 bits per heavy atom. The fraction of sp³-hybridized carbons (Fsp3) is 0.458. The summed E-state index contributed by atoms with van der Waals surface area (Å²) in [5.41, 5.74) is 1.58. The number of piperidine rings is 1. The summed E-state index contributed by atoms with van der Waals surface area (Å²) in [5.74, 6) is 1.16. The molecule has 2 aromatic carbocycles. The second-order valence-corrected chi connectivity index (χ2v) is 8.09. The molecule has 29 heavy (non-hydrogen) atoms. The molecule has 5 nitrogen and oxygen atoms in total. The number of hydrogen-bond acceptors (Lipinski definition) is 4. The molecule has 0 aliphatic carbocycles. The number of nitrogens with zero attached hydrogens (tertiary/aromatic N) is 4. The summed E-state index contributed by atoms with van der Waals surface area (Å²) in [7, 11) is 0. The zero-order chi connectivity index (χ0) is 20.1. The van der Waals surface area contributed by atoms with E-state index >= 15 is 0 Å². The van der Waals surface area contributed by atoms with Gasteiger partial charge in [0.1, 0.15) is 5.84 Å². The first-order chi connectivity index (χ1) is 14.2. The van der Waals surface area contributed by atoms with Crippen molar-refractivity contribution < 1.29 is 5.11 Å². The first kappa shape index (κ1) is 20.1. The first-order valence-electron chi connectivity index (χ1n) is 10.8. The van der Waals surface area contributed by atoms with Gasteiger partial charge in [-0.05, 0) is 37.1 Å². The summed E-state index contributed by atoms with van der Waals surface area (Å²) in [5, 5.41) is 11.0. The van der Waals surface area contributed by atoms with Crippen molar-refractivity contribution in [1.29, 1.82) is 0 Å². The third kappa shape index (κ3) is 4.69. The number of aliphatic imine (C=N–C) groups is 1. The van der Waals surface area contributed by atoms with Gasteiger partial charge in [0.05, 0.1) is 25.4 Å². The summed E-state index contributed by atoms with van der Waals surface area (Å²) >= 11 is 0. The Balaban J connectivity index is 1.33. The normalized spacial score (nSPS) is 21.7. The van der Waals surface area contributed by atoms with Gasteiger partial charge in [-0.3, -0.25) is 9.89 Å². The van der Waals surface area contributed by atoms with E-state index in [1.54, 1.807) is 0 Å². The molecule has 2 fully saturated rings. The van der Waals surface area contributed by atoms with Gasteiger partial charge in [0.15, 0.2) is 0 Å². The van der Waals surface area contributed by atoms with Crippen molar-refractivity contribution in [3.05, 3.63) is 66.2 Å². The predicted octanol–water partition coefficient (Wildman–Crippen LogP) is 3.17. The third-order valence-electron chi connectivity index (χ3n) is 6.24. The number of aliphatic hydroxyl groups is 1. The molecule has 2 aliphatic rings. The molecule has 2 heterocycles. The molecule has 154 valence electrons. The quantitative estimate of drug-likeness (QED) is 0.820. The van der Waals surface area contributed by atoms with Crippen LogP contribution in [0.25, 0.3) is 0 Å². The molecule has 0 saturated carbocycles. The number of amidine groups is 1. The molecule has 4 rings (SSSR count). The molecule has 5 heteroatoms. The Kier molecular flexibility index (Phi) is 6.28. The van der Waals surface area contributed by atoms with Crippen molar-refractivity contribution in [2.45, 2.75) is 25.4 Å². The Morgan fingerprint density at radius 2 is 1.59 bits per heavy atom. The van der Waals surface area contributed by atoms with Crippen LogP contribution in [-0.2, 0) is 5.60 Å². The van der Waals surface area contributed by atoms with Crippen molar-refractivity contribution >= 4 is 11.5 Å². The molecule has 0 aromatic heterocycles. The zero-order valence-corrected chi connectivity index (χ0v) is 17.4. The van der Waals surface area contributed by atoms with Crippen molar-refractivity contribution in [3.63, 3.8) is 0 Å². The maximum Gasteiger partial charge on any atom is 0.119 e. The van der Waals surface area contributed by atoms with E-state index in [-0.39, 0.29) is 0 Å². The third-order valence-corrected chi connectivity index (χ3v) is 6.24. The molecule has 1 N–H and O–H groups in total. The lowest BCUT2D eigenvalue weighted by atomic mass is 9.84. The Morgan fingerprint density at radius 1 is 0.931 bits per heavy atom. The first-order valence-corrected chi connectivity index (χ1v) is 10.8. The zero-order valence-electron chi connectivity index (χ0n) is 17.4. The minimum absolute atomic E-state index is 0.680. The highest BCUT2D eigenvalue weighted by molar-refractivity contribution is 6.01. The highest BCUT2D eigenvalue weighted by atomic mass is 16.3. The van der Waals surface area contributed by atoms with Gasteiger partial charge in [-0.2, -0.15) is 0 Å². The summed E-state index contributed by atoms with van der Waals surface area (Å²) in [4.78, 5) is 12.1. The SMILES string of the molecule is CCN1CC(=NCCN2CCC(O)(c3ccccc3)CC2)N(c2ccccc2)C1. The summed E-state index contributed by atoms with van der Waals surface area (Å²) in [6.07, 6.45) is 1.57. The minimum atomic E-state index is -0.680. The number of anilines is 1. The highest BCUT2D eigenvalue weighted by Crippen LogP contribution is 2.32. The van der Waals surface area contributed by atoms with E-state index in [9.17, 15) is 5.11 Å². The van der Waals surface area contributed by atoms with Crippen molar-refractivity contribution in [2.75, 3.05) is 50.8 Å². The number of likely N-dealkylation sites (N-methyl/N-ethyl adjacent to an activating group) is 1. The lowest BCUT2D eigenvalue weighted by molar-refractivity contribution is -0.0251. The minimum Gasteiger partial charge on any atom is -0.385 e. The van der Waals surface area contributed by atoms with Crippen LogP contribution in [0.3, 0.4) is 0 Å². The topological polar surface area (TPSA) is 42.3 Å². The van der Waals surface area contributed by atoms with Gasteiger partial charge in [0.2, 0.25) is 0 Å². The summed E-state index contributed by atoms with van der Waals surface area (Å²) < 4.78 is 0. The molecule has 0 amide bonds. The lowest BCUT2D eigenvalue weighted by Crippen LogP contribution is -2.43. The molecule has 0 unspecified atom stereocenters. The van der Waals surface area contributed by atoms with Crippen LogP contribution in [0.4, 0.5) is 5.69 Å². The largest absolute Gasteiger partial charge is 0.385 e. The summed E-state index contributed by atoms with van der Waals surface area (Å²) in [6, 6.07) is 20.6. The van der Waals surface area contributed by atoms with Gasteiger partial charge >= 0.3 is 0 Å². The fourth-order valence-corrected chi connectivity index (χ4v) is 4.31. The Labute approximate surface area is 174 Å². The molecule has 0 radical (unpaired) electrons. The number of rotatable bonds is 6. The van der Waals surface area contributed by atoms with Gasteiger partial charge in [-0.1, -0.05) is 55.5 Å². The second-order valence-electron chi connectivity index (χ2n) is 8.09. The monoisotopic (exact) mass is 392 g/mol. The van der Waals surface area contributed by atoms with Gasteiger partial charge in [0.25, 0.3) is 0 Å². The second kappa shape index (κ2) is 9.08. The molecular weight excluding hydrogens is 360 g/mol. The molecule has 0 bridgehead atoms. The van der Waals surface area contributed by atoms with Gasteiger partial charge in [-0.25, -0.2) is 0 Å². The van der Waals surface area contributed by atoms with E-state index in [1.807, 2.05) is 30.3 Å². The summed E-state index contributed by atoms with van der Waals surface area (Å²) in [6.45, 7) is 8.65. The van der Waals surface area contributed by atoms with E-state index in [1.165, 1.54) is 5.69 Å². The average molecular weight is 393 g/mol. The van der Waals surface area contributed by atoms with Gasteiger partial charge in [0, 0.05) is 25.3 Å². The van der Waals surface area contributed by atoms with Crippen LogP contribution < -0.4 is 4.90 Å². The number of para-hydroxylation sites is 1. The van der Waals surface area contributed by atoms with Crippen LogP contribution >= 0.6 is 0 Å². The number of hydrogen-bond donors (Lipinski definition) is 1. The molecular formula is C24H32N4O. The lowest BCUT2D eigenvalue weighted by Gasteiger charge is -2.38. The van der Waals surface area contributed by atoms with Crippen molar-refractivity contribution in [3.8, 4) is 0 Å². The number of benzene rings is 2. The van der Waals surface area contributed by atoms with Crippen LogP contribution in [0.5, 0.6) is 0 Å². The Bertz CT molecular complexity index is 800. The van der Waals surface area contributed by atoms with E-state index in [2.05, 4.69) is 52.0 Å². The van der Waals surface area contributed by atoms with E-state index in [0.29, 0.717) is 0 Å². The van der Waals surface area contributed by atoms with Crippen LogP contribution in [0.15, 0.2) is 65.7 Å². The van der Waals surface area contributed by atoms with E-state index in [4.69, 9.17) is 4.99 Å². The fourth-order valence-electron chi connectivity index (χ4n) is 4.31.